The zero-order chi connectivity index (χ0) is 20.4. The van der Waals surface area contributed by atoms with E-state index < -0.39 is 5.91 Å². The van der Waals surface area contributed by atoms with Crippen molar-refractivity contribution in [3.05, 3.63) is 63.6 Å². The number of rotatable bonds is 10. The molecule has 4 N–H and O–H groups in total. The topological polar surface area (TPSA) is 96.9 Å². The van der Waals surface area contributed by atoms with Gasteiger partial charge in [-0.1, -0.05) is 58.7 Å². The molecule has 0 heterocycles. The first-order valence-corrected chi connectivity index (χ1v) is 9.64. The number of amides is 1. The number of benzene rings is 2. The summed E-state index contributed by atoms with van der Waals surface area (Å²) >= 11 is 12.3. The average Bonchev–Trinajstić information content (AvgIpc) is 2.68. The van der Waals surface area contributed by atoms with Crippen LogP contribution in [0.15, 0.2) is 47.6 Å². The van der Waals surface area contributed by atoms with E-state index in [0.717, 1.165) is 5.56 Å². The number of hydrogen-bond acceptors (Lipinski definition) is 5. The van der Waals surface area contributed by atoms with Crippen LogP contribution in [0.1, 0.15) is 17.5 Å². The molecule has 0 atom stereocenters. The molecule has 0 radical (unpaired) electrons. The highest BCUT2D eigenvalue weighted by Crippen LogP contribution is 2.33. The molecule has 2 aromatic carbocycles. The normalized spacial score (nSPS) is 10.9. The number of oxime groups is 1. The minimum Gasteiger partial charge on any atom is -0.492 e. The van der Waals surface area contributed by atoms with E-state index in [1.165, 1.54) is 0 Å². The SMILES string of the molecule is Cl.NCCCOc1c(Cl)cc(Cl)cc1C/C(=N/O)C(=O)NCCc1ccccc1. The number of nitrogens with two attached hydrogens (primary N) is 1. The lowest BCUT2D eigenvalue weighted by atomic mass is 10.1. The predicted octanol–water partition coefficient (Wildman–Crippen LogP) is 3.87. The molecule has 0 unspecified atom stereocenters. The van der Waals surface area contributed by atoms with Crippen LogP contribution in [0, 0.1) is 0 Å². The van der Waals surface area contributed by atoms with Crippen LogP contribution < -0.4 is 15.8 Å². The Morgan fingerprint density at radius 1 is 1.21 bits per heavy atom. The Morgan fingerprint density at radius 2 is 1.93 bits per heavy atom. The maximum absolute atomic E-state index is 12.4. The summed E-state index contributed by atoms with van der Waals surface area (Å²) in [7, 11) is 0. The van der Waals surface area contributed by atoms with E-state index in [1.807, 2.05) is 30.3 Å². The van der Waals surface area contributed by atoms with E-state index in [-0.39, 0.29) is 24.5 Å². The third-order valence-corrected chi connectivity index (χ3v) is 4.46. The van der Waals surface area contributed by atoms with Gasteiger partial charge in [-0.2, -0.15) is 0 Å². The molecule has 0 saturated carbocycles. The Kier molecular flexibility index (Phi) is 11.5. The second kappa shape index (κ2) is 13.3. The van der Waals surface area contributed by atoms with Crippen molar-refractivity contribution in [3.63, 3.8) is 0 Å². The van der Waals surface area contributed by atoms with Crippen LogP contribution in [0.2, 0.25) is 10.0 Å². The van der Waals surface area contributed by atoms with Gasteiger partial charge in [0, 0.05) is 23.6 Å². The number of nitrogens with zero attached hydrogens (tertiary/aromatic N) is 1. The second-order valence-corrected chi connectivity index (χ2v) is 6.93. The summed E-state index contributed by atoms with van der Waals surface area (Å²) in [6.45, 7) is 1.27. The number of halogens is 3. The van der Waals surface area contributed by atoms with Gasteiger partial charge in [0.05, 0.1) is 11.6 Å². The largest absolute Gasteiger partial charge is 0.492 e. The van der Waals surface area contributed by atoms with Crippen molar-refractivity contribution in [2.75, 3.05) is 19.7 Å². The minimum atomic E-state index is -0.470. The first-order valence-electron chi connectivity index (χ1n) is 8.89. The van der Waals surface area contributed by atoms with Gasteiger partial charge in [0.25, 0.3) is 5.91 Å². The Bertz CT molecular complexity index is 817. The van der Waals surface area contributed by atoms with Crippen molar-refractivity contribution in [1.29, 1.82) is 0 Å². The van der Waals surface area contributed by atoms with E-state index in [0.29, 0.717) is 53.9 Å². The lowest BCUT2D eigenvalue weighted by Crippen LogP contribution is -2.33. The van der Waals surface area contributed by atoms with Gasteiger partial charge in [-0.25, -0.2) is 0 Å². The van der Waals surface area contributed by atoms with Gasteiger partial charge in [0.15, 0.2) is 0 Å². The zero-order valence-electron chi connectivity index (χ0n) is 15.7. The van der Waals surface area contributed by atoms with Crippen molar-refractivity contribution >= 4 is 47.2 Å². The summed E-state index contributed by atoms with van der Waals surface area (Å²) in [6.07, 6.45) is 1.34. The van der Waals surface area contributed by atoms with Crippen LogP contribution in [-0.2, 0) is 17.6 Å². The van der Waals surface area contributed by atoms with Crippen molar-refractivity contribution in [2.45, 2.75) is 19.3 Å². The molecule has 0 aliphatic heterocycles. The molecule has 6 nitrogen and oxygen atoms in total. The molecule has 0 saturated heterocycles. The Morgan fingerprint density at radius 3 is 2.59 bits per heavy atom. The maximum Gasteiger partial charge on any atom is 0.269 e. The van der Waals surface area contributed by atoms with E-state index in [4.69, 9.17) is 33.7 Å². The minimum absolute atomic E-state index is 0. The molecular weight excluding hydrogens is 437 g/mol. The molecular formula is C20H24Cl3N3O3. The first kappa shape index (κ1) is 25.0. The standard InChI is InChI=1S/C20H23Cl2N3O3.ClH/c21-16-11-15(19(17(22)13-16)28-10-4-8-23)12-18(25-27)20(26)24-9-7-14-5-2-1-3-6-14;/h1-3,5-6,11,13,27H,4,7-10,12,23H2,(H,24,26);1H/b25-18-;. The second-order valence-electron chi connectivity index (χ2n) is 6.08. The molecule has 158 valence electrons. The average molecular weight is 461 g/mol. The smallest absolute Gasteiger partial charge is 0.269 e. The van der Waals surface area contributed by atoms with E-state index in [1.54, 1.807) is 12.1 Å². The Hall–Kier alpha value is -1.99. The fourth-order valence-electron chi connectivity index (χ4n) is 2.57. The number of nitrogens with one attached hydrogen (secondary N) is 1. The molecule has 1 amide bonds. The van der Waals surface area contributed by atoms with Gasteiger partial charge in [-0.15, -0.1) is 12.4 Å². The Labute approximate surface area is 186 Å². The summed E-state index contributed by atoms with van der Waals surface area (Å²) in [5.74, 6) is -0.0693. The summed E-state index contributed by atoms with van der Waals surface area (Å²) in [6, 6.07) is 13.0. The molecule has 0 bridgehead atoms. The first-order chi connectivity index (χ1) is 13.5. The van der Waals surface area contributed by atoms with Gasteiger partial charge in [0.1, 0.15) is 11.5 Å². The fourth-order valence-corrected chi connectivity index (χ4v) is 3.16. The summed E-state index contributed by atoms with van der Waals surface area (Å²) in [4.78, 5) is 12.4. The number of carbonyl (C=O) groups is 1. The number of ether oxygens (including phenoxy) is 1. The third-order valence-electron chi connectivity index (χ3n) is 3.96. The molecule has 2 aromatic rings. The molecule has 0 aliphatic rings. The van der Waals surface area contributed by atoms with E-state index in [2.05, 4.69) is 10.5 Å². The van der Waals surface area contributed by atoms with Crippen LogP contribution in [0.5, 0.6) is 5.75 Å². The monoisotopic (exact) mass is 459 g/mol. The zero-order valence-corrected chi connectivity index (χ0v) is 18.1. The summed E-state index contributed by atoms with van der Waals surface area (Å²) in [5.41, 5.74) is 7.08. The lowest BCUT2D eigenvalue weighted by molar-refractivity contribution is -0.115. The number of hydrogen-bond donors (Lipinski definition) is 3. The third kappa shape index (κ3) is 8.11. The van der Waals surface area contributed by atoms with Gasteiger partial charge in [-0.05, 0) is 37.1 Å². The Balaban J connectivity index is 0.00000420. The van der Waals surface area contributed by atoms with Crippen molar-refractivity contribution in [1.82, 2.24) is 5.32 Å². The van der Waals surface area contributed by atoms with Crippen molar-refractivity contribution < 1.29 is 14.7 Å². The predicted molar refractivity (Wildman–Crippen MR) is 119 cm³/mol. The van der Waals surface area contributed by atoms with E-state index >= 15 is 0 Å². The summed E-state index contributed by atoms with van der Waals surface area (Å²) in [5, 5.41) is 15.9. The lowest BCUT2D eigenvalue weighted by Gasteiger charge is -2.14. The highest BCUT2D eigenvalue weighted by atomic mass is 35.5. The van der Waals surface area contributed by atoms with Crippen LogP contribution >= 0.6 is 35.6 Å². The van der Waals surface area contributed by atoms with E-state index in [9.17, 15) is 10.0 Å². The van der Waals surface area contributed by atoms with Gasteiger partial charge in [0.2, 0.25) is 0 Å². The van der Waals surface area contributed by atoms with Crippen molar-refractivity contribution in [3.8, 4) is 5.75 Å². The molecule has 2 rings (SSSR count). The van der Waals surface area contributed by atoms with Crippen molar-refractivity contribution in [2.24, 2.45) is 10.9 Å². The van der Waals surface area contributed by atoms with Crippen LogP contribution in [0.25, 0.3) is 0 Å². The quantitative estimate of drug-likeness (QED) is 0.217. The molecule has 0 aliphatic carbocycles. The van der Waals surface area contributed by atoms with Gasteiger partial charge in [-0.3, -0.25) is 4.79 Å². The van der Waals surface area contributed by atoms with Gasteiger partial charge < -0.3 is 21.0 Å². The molecule has 29 heavy (non-hydrogen) atoms. The molecule has 9 heteroatoms. The van der Waals surface area contributed by atoms with Crippen LogP contribution in [0.3, 0.4) is 0 Å². The highest BCUT2D eigenvalue weighted by Gasteiger charge is 2.18. The summed E-state index contributed by atoms with van der Waals surface area (Å²) < 4.78 is 5.69. The fraction of sp³-hybridized carbons (Fsp3) is 0.300. The highest BCUT2D eigenvalue weighted by molar-refractivity contribution is 6.39. The molecule has 0 aromatic heterocycles. The number of carbonyl (C=O) groups excluding carboxylic acids is 1. The molecule has 0 fully saturated rings. The molecule has 0 spiro atoms. The van der Waals surface area contributed by atoms with Crippen LogP contribution in [-0.4, -0.2) is 36.5 Å². The van der Waals surface area contributed by atoms with Gasteiger partial charge >= 0.3 is 0 Å². The maximum atomic E-state index is 12.4. The van der Waals surface area contributed by atoms with Crippen LogP contribution in [0.4, 0.5) is 0 Å².